The Bertz CT molecular complexity index is 436. The first-order chi connectivity index (χ1) is 6.68. The van der Waals surface area contributed by atoms with Crippen LogP contribution in [-0.4, -0.2) is 15.0 Å². The number of furan rings is 1. The van der Waals surface area contributed by atoms with Crippen LogP contribution < -0.4 is 5.73 Å². The molecule has 0 amide bonds. The predicted octanol–water partition coefficient (Wildman–Crippen LogP) is 1.11. The van der Waals surface area contributed by atoms with E-state index in [4.69, 9.17) is 21.8 Å². The van der Waals surface area contributed by atoms with Gasteiger partial charge in [0.25, 0.3) is 0 Å². The molecule has 0 radical (unpaired) electrons. The summed E-state index contributed by atoms with van der Waals surface area (Å²) in [4.78, 5) is 0. The average molecular weight is 213 g/mol. The lowest BCUT2D eigenvalue weighted by Crippen LogP contribution is -2.15. The number of hydrogen-bond donors (Lipinski definition) is 1. The van der Waals surface area contributed by atoms with Crippen molar-refractivity contribution in [1.29, 1.82) is 0 Å². The monoisotopic (exact) mass is 212 g/mol. The second kappa shape index (κ2) is 3.43. The molecule has 74 valence electrons. The van der Waals surface area contributed by atoms with E-state index in [9.17, 15) is 0 Å². The fraction of sp³-hybridized carbons (Fsp3) is 0.250. The highest BCUT2D eigenvalue weighted by atomic mass is 35.5. The molecule has 5 nitrogen and oxygen atoms in total. The zero-order valence-electron chi connectivity index (χ0n) is 7.51. The van der Waals surface area contributed by atoms with E-state index in [-0.39, 0.29) is 6.04 Å². The van der Waals surface area contributed by atoms with E-state index in [1.54, 1.807) is 30.1 Å². The van der Waals surface area contributed by atoms with Gasteiger partial charge in [-0.3, -0.25) is 4.68 Å². The average Bonchev–Trinajstić information content (AvgIpc) is 2.73. The summed E-state index contributed by atoms with van der Waals surface area (Å²) in [5.74, 6) is 0.598. The Kier molecular flexibility index (Phi) is 2.26. The van der Waals surface area contributed by atoms with Crippen molar-refractivity contribution in [2.75, 3.05) is 0 Å². The zero-order valence-corrected chi connectivity index (χ0v) is 8.27. The Morgan fingerprint density at radius 3 is 2.86 bits per heavy atom. The maximum atomic E-state index is 5.92. The Morgan fingerprint density at radius 2 is 2.36 bits per heavy atom. The third-order valence-corrected chi connectivity index (χ3v) is 2.17. The maximum Gasteiger partial charge on any atom is 0.193 e. The molecule has 0 aliphatic heterocycles. The van der Waals surface area contributed by atoms with E-state index in [0.29, 0.717) is 11.0 Å². The van der Waals surface area contributed by atoms with Crippen molar-refractivity contribution in [3.05, 3.63) is 35.0 Å². The number of rotatable bonds is 2. The van der Waals surface area contributed by atoms with Gasteiger partial charge in [-0.15, -0.1) is 5.10 Å². The van der Waals surface area contributed by atoms with Gasteiger partial charge < -0.3 is 10.2 Å². The minimum atomic E-state index is -0.387. The summed E-state index contributed by atoms with van der Waals surface area (Å²) >= 11 is 5.65. The van der Waals surface area contributed by atoms with Crippen molar-refractivity contribution in [3.8, 4) is 0 Å². The third kappa shape index (κ3) is 1.51. The van der Waals surface area contributed by atoms with Crippen LogP contribution in [0.4, 0.5) is 0 Å². The fourth-order valence-corrected chi connectivity index (χ4v) is 1.37. The highest BCUT2D eigenvalue weighted by molar-refractivity contribution is 6.28. The minimum Gasteiger partial charge on any atom is -0.448 e. The SMILES string of the molecule is Cn1nncc1C(N)c1ccc(Cl)o1. The number of aryl methyl sites for hydroxylation is 1. The summed E-state index contributed by atoms with van der Waals surface area (Å²) in [6.45, 7) is 0. The first-order valence-electron chi connectivity index (χ1n) is 4.04. The smallest absolute Gasteiger partial charge is 0.193 e. The molecule has 2 aromatic heterocycles. The van der Waals surface area contributed by atoms with Gasteiger partial charge in [0.1, 0.15) is 11.8 Å². The lowest BCUT2D eigenvalue weighted by atomic mass is 10.2. The number of hydrogen-bond acceptors (Lipinski definition) is 4. The molecule has 0 bridgehead atoms. The van der Waals surface area contributed by atoms with E-state index in [0.717, 1.165) is 5.69 Å². The third-order valence-electron chi connectivity index (χ3n) is 1.97. The number of aromatic nitrogens is 3. The number of nitrogens with two attached hydrogens (primary N) is 1. The van der Waals surface area contributed by atoms with Crippen LogP contribution in [0, 0.1) is 0 Å². The van der Waals surface area contributed by atoms with Crippen LogP contribution in [0.1, 0.15) is 17.5 Å². The molecular formula is C8H9ClN4O. The van der Waals surface area contributed by atoms with Gasteiger partial charge in [0.15, 0.2) is 5.22 Å². The quantitative estimate of drug-likeness (QED) is 0.810. The van der Waals surface area contributed by atoms with Gasteiger partial charge >= 0.3 is 0 Å². The molecule has 2 N–H and O–H groups in total. The summed E-state index contributed by atoms with van der Waals surface area (Å²) in [7, 11) is 1.77. The second-order valence-corrected chi connectivity index (χ2v) is 3.27. The fourth-order valence-electron chi connectivity index (χ4n) is 1.22. The van der Waals surface area contributed by atoms with Crippen LogP contribution in [-0.2, 0) is 7.05 Å². The lowest BCUT2D eigenvalue weighted by Gasteiger charge is -2.07. The highest BCUT2D eigenvalue weighted by Gasteiger charge is 2.16. The van der Waals surface area contributed by atoms with E-state index >= 15 is 0 Å². The Labute approximate surface area is 85.5 Å². The summed E-state index contributed by atoms with van der Waals surface area (Å²) in [5.41, 5.74) is 6.70. The first kappa shape index (κ1) is 9.23. The van der Waals surface area contributed by atoms with Gasteiger partial charge in [-0.2, -0.15) is 0 Å². The van der Waals surface area contributed by atoms with Gasteiger partial charge in [-0.1, -0.05) is 5.21 Å². The molecule has 0 aliphatic rings. The molecule has 0 spiro atoms. The van der Waals surface area contributed by atoms with Gasteiger partial charge in [-0.05, 0) is 23.7 Å². The summed E-state index contributed by atoms with van der Waals surface area (Å²) in [6, 6.07) is 3.00. The number of nitrogens with zero attached hydrogens (tertiary/aromatic N) is 3. The molecule has 6 heteroatoms. The zero-order chi connectivity index (χ0) is 10.1. The Balaban J connectivity index is 2.33. The van der Waals surface area contributed by atoms with Crippen molar-refractivity contribution in [1.82, 2.24) is 15.0 Å². The summed E-state index contributed by atoms with van der Waals surface area (Å²) in [5, 5.41) is 7.84. The van der Waals surface area contributed by atoms with Crippen molar-refractivity contribution in [2.45, 2.75) is 6.04 Å². The van der Waals surface area contributed by atoms with Gasteiger partial charge in [0, 0.05) is 7.05 Å². The molecule has 2 aromatic rings. The second-order valence-electron chi connectivity index (χ2n) is 2.90. The van der Waals surface area contributed by atoms with E-state index in [1.807, 2.05) is 0 Å². The van der Waals surface area contributed by atoms with Crippen LogP contribution in [0.2, 0.25) is 5.22 Å². The van der Waals surface area contributed by atoms with Crippen LogP contribution >= 0.6 is 11.6 Å². The summed E-state index contributed by atoms with van der Waals surface area (Å²) in [6.07, 6.45) is 1.60. The van der Waals surface area contributed by atoms with Gasteiger partial charge in [0.2, 0.25) is 0 Å². The van der Waals surface area contributed by atoms with Crippen molar-refractivity contribution < 1.29 is 4.42 Å². The van der Waals surface area contributed by atoms with Gasteiger partial charge in [0.05, 0.1) is 11.9 Å². The topological polar surface area (TPSA) is 69.9 Å². The molecule has 0 fully saturated rings. The molecule has 2 rings (SSSR count). The van der Waals surface area contributed by atoms with E-state index in [1.165, 1.54) is 0 Å². The highest BCUT2D eigenvalue weighted by Crippen LogP contribution is 2.22. The molecule has 0 saturated heterocycles. The molecule has 2 heterocycles. The number of halogens is 1. The van der Waals surface area contributed by atoms with E-state index in [2.05, 4.69) is 10.3 Å². The Morgan fingerprint density at radius 1 is 1.57 bits per heavy atom. The lowest BCUT2D eigenvalue weighted by molar-refractivity contribution is 0.480. The molecule has 0 aliphatic carbocycles. The predicted molar refractivity (Wildman–Crippen MR) is 50.8 cm³/mol. The molecular weight excluding hydrogens is 204 g/mol. The van der Waals surface area contributed by atoms with Crippen LogP contribution in [0.15, 0.2) is 22.7 Å². The molecule has 0 saturated carbocycles. The molecule has 14 heavy (non-hydrogen) atoms. The first-order valence-corrected chi connectivity index (χ1v) is 4.41. The van der Waals surface area contributed by atoms with Crippen LogP contribution in [0.3, 0.4) is 0 Å². The van der Waals surface area contributed by atoms with Crippen molar-refractivity contribution >= 4 is 11.6 Å². The van der Waals surface area contributed by atoms with Crippen LogP contribution in [0.5, 0.6) is 0 Å². The van der Waals surface area contributed by atoms with Gasteiger partial charge in [-0.25, -0.2) is 0 Å². The normalized spacial score (nSPS) is 13.1. The molecule has 0 aromatic carbocycles. The minimum absolute atomic E-state index is 0.325. The maximum absolute atomic E-state index is 5.92. The Hall–Kier alpha value is -1.33. The van der Waals surface area contributed by atoms with Crippen molar-refractivity contribution in [2.24, 2.45) is 12.8 Å². The molecule has 1 atom stereocenters. The summed E-state index contributed by atoms with van der Waals surface area (Å²) < 4.78 is 6.79. The van der Waals surface area contributed by atoms with Crippen molar-refractivity contribution in [3.63, 3.8) is 0 Å². The van der Waals surface area contributed by atoms with E-state index < -0.39 is 0 Å². The standard InChI is InChI=1S/C8H9ClN4O/c1-13-5(4-11-12-13)8(10)6-2-3-7(9)14-6/h2-4,8H,10H2,1H3. The van der Waals surface area contributed by atoms with Crippen LogP contribution in [0.25, 0.3) is 0 Å². The molecule has 1 unspecified atom stereocenters. The largest absolute Gasteiger partial charge is 0.448 e.